The van der Waals surface area contributed by atoms with Gasteiger partial charge in [-0.1, -0.05) is 25.3 Å². The van der Waals surface area contributed by atoms with Crippen molar-refractivity contribution in [1.29, 1.82) is 0 Å². The first-order valence-corrected chi connectivity index (χ1v) is 6.76. The fourth-order valence-electron chi connectivity index (χ4n) is 2.50. The van der Waals surface area contributed by atoms with E-state index >= 15 is 0 Å². The van der Waals surface area contributed by atoms with E-state index in [1.807, 2.05) is 0 Å². The molecule has 0 saturated heterocycles. The van der Waals surface area contributed by atoms with Crippen LogP contribution in [0.4, 0.5) is 0 Å². The van der Waals surface area contributed by atoms with Gasteiger partial charge in [0.05, 0.1) is 6.61 Å². The largest absolute Gasteiger partial charge is 0.465 e. The predicted octanol–water partition coefficient (Wildman–Crippen LogP) is 2.05. The standard InChI is InChI=1S/C14H23NO3/c1-3-10-15-13(16)12(14(17)18-4-2)11-8-6-5-7-9-11/h3,11-12H,1,4-10H2,2H3,(H,15,16)/t12-/m0/s1. The number of carbonyl (C=O) groups is 2. The number of ether oxygens (including phenoxy) is 1. The molecule has 1 N–H and O–H groups in total. The molecule has 0 aromatic carbocycles. The fraction of sp³-hybridized carbons (Fsp3) is 0.714. The average molecular weight is 253 g/mol. The van der Waals surface area contributed by atoms with Gasteiger partial charge >= 0.3 is 5.97 Å². The molecule has 1 rings (SSSR count). The maximum atomic E-state index is 12.1. The van der Waals surface area contributed by atoms with Crippen LogP contribution in [0.2, 0.25) is 0 Å². The minimum absolute atomic E-state index is 0.127. The van der Waals surface area contributed by atoms with Crippen molar-refractivity contribution < 1.29 is 14.3 Å². The zero-order chi connectivity index (χ0) is 13.4. The maximum absolute atomic E-state index is 12.1. The van der Waals surface area contributed by atoms with Crippen LogP contribution in [0, 0.1) is 11.8 Å². The van der Waals surface area contributed by atoms with Crippen molar-refractivity contribution in [1.82, 2.24) is 5.32 Å². The third-order valence-corrected chi connectivity index (χ3v) is 3.36. The molecule has 0 radical (unpaired) electrons. The molecule has 0 spiro atoms. The molecular formula is C14H23NO3. The summed E-state index contributed by atoms with van der Waals surface area (Å²) in [5, 5.41) is 2.71. The van der Waals surface area contributed by atoms with Gasteiger partial charge in [0, 0.05) is 6.54 Å². The molecule has 0 unspecified atom stereocenters. The third-order valence-electron chi connectivity index (χ3n) is 3.36. The lowest BCUT2D eigenvalue weighted by molar-refractivity contribution is -0.155. The van der Waals surface area contributed by atoms with Crippen LogP contribution < -0.4 is 5.32 Å². The molecule has 1 amide bonds. The minimum Gasteiger partial charge on any atom is -0.465 e. The average Bonchev–Trinajstić information content (AvgIpc) is 2.38. The molecule has 4 nitrogen and oxygen atoms in total. The predicted molar refractivity (Wildman–Crippen MR) is 69.9 cm³/mol. The number of hydrogen-bond acceptors (Lipinski definition) is 3. The van der Waals surface area contributed by atoms with Crippen LogP contribution in [0.3, 0.4) is 0 Å². The van der Waals surface area contributed by atoms with Crippen molar-refractivity contribution in [3.63, 3.8) is 0 Å². The van der Waals surface area contributed by atoms with Crippen LogP contribution in [0.15, 0.2) is 12.7 Å². The number of nitrogens with one attached hydrogen (secondary N) is 1. The number of rotatable bonds is 6. The molecule has 18 heavy (non-hydrogen) atoms. The molecule has 1 saturated carbocycles. The molecule has 0 heterocycles. The second-order valence-electron chi connectivity index (χ2n) is 4.66. The zero-order valence-corrected chi connectivity index (χ0v) is 11.1. The summed E-state index contributed by atoms with van der Waals surface area (Å²) in [7, 11) is 0. The lowest BCUT2D eigenvalue weighted by atomic mass is 9.79. The van der Waals surface area contributed by atoms with Crippen LogP contribution >= 0.6 is 0 Å². The Morgan fingerprint density at radius 3 is 2.61 bits per heavy atom. The molecule has 1 fully saturated rings. The Kier molecular flexibility index (Phi) is 6.47. The highest BCUT2D eigenvalue weighted by Gasteiger charge is 2.36. The van der Waals surface area contributed by atoms with Gasteiger partial charge in [0.2, 0.25) is 5.91 Å². The highest BCUT2D eigenvalue weighted by molar-refractivity contribution is 5.98. The highest BCUT2D eigenvalue weighted by atomic mass is 16.5. The molecule has 0 bridgehead atoms. The van der Waals surface area contributed by atoms with Gasteiger partial charge in [0.1, 0.15) is 5.92 Å². The Bertz CT molecular complexity index is 295. The van der Waals surface area contributed by atoms with E-state index in [1.165, 1.54) is 6.42 Å². The summed E-state index contributed by atoms with van der Waals surface area (Å²) >= 11 is 0. The Balaban J connectivity index is 2.69. The Hall–Kier alpha value is -1.32. The Morgan fingerprint density at radius 1 is 1.39 bits per heavy atom. The van der Waals surface area contributed by atoms with Crippen molar-refractivity contribution in [3.8, 4) is 0 Å². The van der Waals surface area contributed by atoms with Gasteiger partial charge in [-0.05, 0) is 25.7 Å². The monoisotopic (exact) mass is 253 g/mol. The number of hydrogen-bond donors (Lipinski definition) is 1. The number of amides is 1. The van der Waals surface area contributed by atoms with Crippen LogP contribution in [-0.4, -0.2) is 25.0 Å². The van der Waals surface area contributed by atoms with E-state index in [0.717, 1.165) is 25.7 Å². The van der Waals surface area contributed by atoms with E-state index in [0.29, 0.717) is 13.2 Å². The topological polar surface area (TPSA) is 55.4 Å². The van der Waals surface area contributed by atoms with Gasteiger partial charge in [-0.3, -0.25) is 9.59 Å². The summed E-state index contributed by atoms with van der Waals surface area (Å²) in [6, 6.07) is 0. The summed E-state index contributed by atoms with van der Waals surface area (Å²) in [5.74, 6) is -1.13. The Labute approximate surface area is 109 Å². The first-order valence-electron chi connectivity index (χ1n) is 6.76. The first-order chi connectivity index (χ1) is 8.70. The molecular weight excluding hydrogens is 230 g/mol. The van der Waals surface area contributed by atoms with E-state index in [1.54, 1.807) is 13.0 Å². The normalized spacial score (nSPS) is 17.8. The lowest BCUT2D eigenvalue weighted by Gasteiger charge is -2.27. The quantitative estimate of drug-likeness (QED) is 0.448. The van der Waals surface area contributed by atoms with Crippen molar-refractivity contribution in [2.75, 3.05) is 13.2 Å². The molecule has 102 valence electrons. The number of carbonyl (C=O) groups excluding carboxylic acids is 2. The molecule has 0 aromatic rings. The van der Waals surface area contributed by atoms with E-state index in [-0.39, 0.29) is 17.8 Å². The van der Waals surface area contributed by atoms with Crippen LogP contribution in [0.25, 0.3) is 0 Å². The van der Waals surface area contributed by atoms with Crippen LogP contribution in [0.1, 0.15) is 39.0 Å². The van der Waals surface area contributed by atoms with Gasteiger partial charge in [-0.25, -0.2) is 0 Å². The fourth-order valence-corrected chi connectivity index (χ4v) is 2.50. The van der Waals surface area contributed by atoms with Crippen LogP contribution in [0.5, 0.6) is 0 Å². The van der Waals surface area contributed by atoms with E-state index in [4.69, 9.17) is 4.74 Å². The van der Waals surface area contributed by atoms with Gasteiger partial charge < -0.3 is 10.1 Å². The summed E-state index contributed by atoms with van der Waals surface area (Å²) in [5.41, 5.74) is 0. The zero-order valence-electron chi connectivity index (χ0n) is 11.1. The van der Waals surface area contributed by atoms with Crippen molar-refractivity contribution >= 4 is 11.9 Å². The second kappa shape index (κ2) is 7.90. The molecule has 4 heteroatoms. The molecule has 0 aliphatic heterocycles. The summed E-state index contributed by atoms with van der Waals surface area (Å²) in [4.78, 5) is 24.0. The van der Waals surface area contributed by atoms with Crippen LogP contribution in [-0.2, 0) is 14.3 Å². The van der Waals surface area contributed by atoms with Gasteiger partial charge in [0.15, 0.2) is 0 Å². The third kappa shape index (κ3) is 4.17. The minimum atomic E-state index is -0.648. The highest BCUT2D eigenvalue weighted by Crippen LogP contribution is 2.31. The van der Waals surface area contributed by atoms with Gasteiger partial charge in [-0.15, -0.1) is 6.58 Å². The lowest BCUT2D eigenvalue weighted by Crippen LogP contribution is -2.41. The van der Waals surface area contributed by atoms with Crippen molar-refractivity contribution in [2.45, 2.75) is 39.0 Å². The summed E-state index contributed by atoms with van der Waals surface area (Å²) in [6.45, 7) is 6.02. The number of esters is 1. The molecule has 0 aromatic heterocycles. The summed E-state index contributed by atoms with van der Waals surface area (Å²) in [6.07, 6.45) is 6.86. The van der Waals surface area contributed by atoms with Crippen molar-refractivity contribution in [3.05, 3.63) is 12.7 Å². The van der Waals surface area contributed by atoms with E-state index in [2.05, 4.69) is 11.9 Å². The maximum Gasteiger partial charge on any atom is 0.318 e. The molecule has 1 aliphatic carbocycles. The first kappa shape index (κ1) is 14.7. The molecule has 1 aliphatic rings. The van der Waals surface area contributed by atoms with Gasteiger partial charge in [-0.2, -0.15) is 0 Å². The van der Waals surface area contributed by atoms with E-state index < -0.39 is 5.92 Å². The molecule has 1 atom stereocenters. The SMILES string of the molecule is C=CCNC(=O)[C@@H](C(=O)OCC)C1CCCCC1. The summed E-state index contributed by atoms with van der Waals surface area (Å²) < 4.78 is 5.03. The van der Waals surface area contributed by atoms with Gasteiger partial charge in [0.25, 0.3) is 0 Å². The smallest absolute Gasteiger partial charge is 0.318 e. The Morgan fingerprint density at radius 2 is 2.06 bits per heavy atom. The second-order valence-corrected chi connectivity index (χ2v) is 4.66. The van der Waals surface area contributed by atoms with Crippen molar-refractivity contribution in [2.24, 2.45) is 11.8 Å². The van der Waals surface area contributed by atoms with E-state index in [9.17, 15) is 9.59 Å².